The number of hydrogen-bond acceptors (Lipinski definition) is 3. The lowest BCUT2D eigenvalue weighted by Crippen LogP contribution is -2.30. The second-order valence-electron chi connectivity index (χ2n) is 7.16. The molecule has 0 saturated carbocycles. The molecule has 0 atom stereocenters. The quantitative estimate of drug-likeness (QED) is 0.546. The van der Waals surface area contributed by atoms with Crippen LogP contribution in [0.1, 0.15) is 35.3 Å². The summed E-state index contributed by atoms with van der Waals surface area (Å²) >= 11 is 0. The summed E-state index contributed by atoms with van der Waals surface area (Å²) in [4.78, 5) is 26.5. The van der Waals surface area contributed by atoms with Crippen LogP contribution in [0.2, 0.25) is 0 Å². The highest BCUT2D eigenvalue weighted by Gasteiger charge is 2.13. The molecule has 3 aromatic rings. The normalized spacial score (nSPS) is 10.4. The van der Waals surface area contributed by atoms with Crippen LogP contribution in [0.3, 0.4) is 0 Å². The van der Waals surface area contributed by atoms with Crippen molar-refractivity contribution < 1.29 is 14.3 Å². The Hall–Kier alpha value is -3.60. The number of para-hydroxylation sites is 1. The molecule has 1 N–H and O–H groups in total. The van der Waals surface area contributed by atoms with Gasteiger partial charge in [0.25, 0.3) is 11.8 Å². The lowest BCUT2D eigenvalue weighted by atomic mass is 10.0. The first-order valence-corrected chi connectivity index (χ1v) is 10.5. The molecule has 160 valence electrons. The van der Waals surface area contributed by atoms with Crippen LogP contribution in [0.4, 0.5) is 5.69 Å². The Bertz CT molecular complexity index is 997. The van der Waals surface area contributed by atoms with Crippen LogP contribution in [-0.2, 0) is 11.2 Å². The second-order valence-corrected chi connectivity index (χ2v) is 7.16. The molecule has 0 fully saturated rings. The fourth-order valence-electron chi connectivity index (χ4n) is 3.34. The Morgan fingerprint density at radius 2 is 1.48 bits per heavy atom. The van der Waals surface area contributed by atoms with Crippen LogP contribution in [0.5, 0.6) is 5.75 Å². The SMILES string of the molecule is CCN(CC)C(=O)c1ccc(NC(=O)COc2ccccc2Cc2ccccc2)cc1. The molecule has 0 bridgehead atoms. The number of nitrogens with one attached hydrogen (secondary N) is 1. The number of carbonyl (C=O) groups is 2. The Morgan fingerprint density at radius 3 is 2.16 bits per heavy atom. The first-order chi connectivity index (χ1) is 15.1. The maximum atomic E-state index is 12.4. The molecule has 3 aromatic carbocycles. The van der Waals surface area contributed by atoms with E-state index in [0.29, 0.717) is 30.1 Å². The molecule has 0 saturated heterocycles. The molecule has 0 unspecified atom stereocenters. The minimum Gasteiger partial charge on any atom is -0.483 e. The topological polar surface area (TPSA) is 58.6 Å². The molecule has 0 radical (unpaired) electrons. The van der Waals surface area contributed by atoms with Crippen molar-refractivity contribution in [1.82, 2.24) is 4.90 Å². The summed E-state index contributed by atoms with van der Waals surface area (Å²) in [6.45, 7) is 5.14. The van der Waals surface area contributed by atoms with Crippen LogP contribution < -0.4 is 10.1 Å². The zero-order valence-electron chi connectivity index (χ0n) is 18.0. The molecule has 0 aliphatic rings. The molecule has 31 heavy (non-hydrogen) atoms. The van der Waals surface area contributed by atoms with Crippen molar-refractivity contribution in [3.05, 3.63) is 95.6 Å². The van der Waals surface area contributed by atoms with E-state index in [9.17, 15) is 9.59 Å². The Kier molecular flexibility index (Phi) is 7.82. The number of anilines is 1. The van der Waals surface area contributed by atoms with Crippen LogP contribution in [0.25, 0.3) is 0 Å². The lowest BCUT2D eigenvalue weighted by molar-refractivity contribution is -0.118. The zero-order chi connectivity index (χ0) is 22.1. The second kappa shape index (κ2) is 11.0. The summed E-state index contributed by atoms with van der Waals surface area (Å²) in [5.41, 5.74) is 3.44. The Labute approximate surface area is 183 Å². The standard InChI is InChI=1S/C26H28N2O3/c1-3-28(4-2)26(30)21-14-16-23(17-15-21)27-25(29)19-31-24-13-9-8-12-22(24)18-20-10-6-5-7-11-20/h5-17H,3-4,18-19H2,1-2H3,(H,27,29). The average molecular weight is 417 g/mol. The van der Waals surface area contributed by atoms with E-state index in [1.807, 2.05) is 56.3 Å². The van der Waals surface area contributed by atoms with Crippen molar-refractivity contribution in [2.75, 3.05) is 25.0 Å². The highest BCUT2D eigenvalue weighted by Crippen LogP contribution is 2.21. The lowest BCUT2D eigenvalue weighted by Gasteiger charge is -2.18. The first kappa shape index (κ1) is 22.1. The smallest absolute Gasteiger partial charge is 0.262 e. The van der Waals surface area contributed by atoms with Gasteiger partial charge in [0.2, 0.25) is 0 Å². The van der Waals surface area contributed by atoms with Crippen molar-refractivity contribution in [3.63, 3.8) is 0 Å². The molecular formula is C26H28N2O3. The monoisotopic (exact) mass is 416 g/mol. The van der Waals surface area contributed by atoms with E-state index in [1.54, 1.807) is 29.2 Å². The molecule has 0 aromatic heterocycles. The summed E-state index contributed by atoms with van der Waals surface area (Å²) < 4.78 is 5.79. The van der Waals surface area contributed by atoms with Crippen LogP contribution in [0.15, 0.2) is 78.9 Å². The molecular weight excluding hydrogens is 388 g/mol. The Balaban J connectivity index is 1.57. The molecule has 5 nitrogen and oxygen atoms in total. The van der Waals surface area contributed by atoms with Gasteiger partial charge in [-0.05, 0) is 55.3 Å². The van der Waals surface area contributed by atoms with Crippen LogP contribution >= 0.6 is 0 Å². The van der Waals surface area contributed by atoms with Crippen molar-refractivity contribution in [2.45, 2.75) is 20.3 Å². The summed E-state index contributed by atoms with van der Waals surface area (Å²) in [6.07, 6.45) is 0.737. The maximum absolute atomic E-state index is 12.4. The molecule has 2 amide bonds. The predicted molar refractivity (Wildman–Crippen MR) is 124 cm³/mol. The van der Waals surface area contributed by atoms with Crippen molar-refractivity contribution >= 4 is 17.5 Å². The van der Waals surface area contributed by atoms with E-state index in [-0.39, 0.29) is 18.4 Å². The molecule has 0 aliphatic heterocycles. The van der Waals surface area contributed by atoms with Gasteiger partial charge in [0.05, 0.1) is 0 Å². The number of nitrogens with zero attached hydrogens (tertiary/aromatic N) is 1. The van der Waals surface area contributed by atoms with Gasteiger partial charge < -0.3 is 15.0 Å². The largest absolute Gasteiger partial charge is 0.483 e. The van der Waals surface area contributed by atoms with Gasteiger partial charge in [-0.25, -0.2) is 0 Å². The fraction of sp³-hybridized carbons (Fsp3) is 0.231. The van der Waals surface area contributed by atoms with E-state index in [4.69, 9.17) is 4.74 Å². The highest BCUT2D eigenvalue weighted by atomic mass is 16.5. The number of amides is 2. The van der Waals surface area contributed by atoms with Gasteiger partial charge in [-0.2, -0.15) is 0 Å². The fourth-order valence-corrected chi connectivity index (χ4v) is 3.34. The summed E-state index contributed by atoms with van der Waals surface area (Å²) in [6, 6.07) is 24.8. The number of rotatable bonds is 9. The molecule has 3 rings (SSSR count). The maximum Gasteiger partial charge on any atom is 0.262 e. The molecule has 0 aliphatic carbocycles. The average Bonchev–Trinajstić information content (AvgIpc) is 2.80. The van der Waals surface area contributed by atoms with Gasteiger partial charge in [-0.1, -0.05) is 48.5 Å². The third kappa shape index (κ3) is 6.19. The number of carbonyl (C=O) groups excluding carboxylic acids is 2. The van der Waals surface area contributed by atoms with Crippen LogP contribution in [-0.4, -0.2) is 36.4 Å². The van der Waals surface area contributed by atoms with Gasteiger partial charge in [0.1, 0.15) is 5.75 Å². The van der Waals surface area contributed by atoms with E-state index in [1.165, 1.54) is 5.56 Å². The van der Waals surface area contributed by atoms with E-state index in [2.05, 4.69) is 17.4 Å². The molecule has 0 heterocycles. The highest BCUT2D eigenvalue weighted by molar-refractivity contribution is 5.96. The third-order valence-electron chi connectivity index (χ3n) is 5.04. The molecule has 0 spiro atoms. The number of ether oxygens (including phenoxy) is 1. The van der Waals surface area contributed by atoms with Crippen molar-refractivity contribution in [3.8, 4) is 5.75 Å². The number of hydrogen-bond donors (Lipinski definition) is 1. The predicted octanol–water partition coefficient (Wildman–Crippen LogP) is 4.78. The first-order valence-electron chi connectivity index (χ1n) is 10.5. The van der Waals surface area contributed by atoms with E-state index >= 15 is 0 Å². The number of benzene rings is 3. The third-order valence-corrected chi connectivity index (χ3v) is 5.04. The van der Waals surface area contributed by atoms with Gasteiger partial charge in [0.15, 0.2) is 6.61 Å². The minimum atomic E-state index is -0.252. The summed E-state index contributed by atoms with van der Waals surface area (Å²) in [7, 11) is 0. The summed E-state index contributed by atoms with van der Waals surface area (Å²) in [5.74, 6) is 0.431. The van der Waals surface area contributed by atoms with Crippen molar-refractivity contribution in [2.24, 2.45) is 0 Å². The molecule has 5 heteroatoms. The van der Waals surface area contributed by atoms with Gasteiger partial charge >= 0.3 is 0 Å². The van der Waals surface area contributed by atoms with E-state index < -0.39 is 0 Å². The Morgan fingerprint density at radius 1 is 0.839 bits per heavy atom. The van der Waals surface area contributed by atoms with Crippen LogP contribution in [0, 0.1) is 0 Å². The zero-order valence-corrected chi connectivity index (χ0v) is 18.0. The van der Waals surface area contributed by atoms with E-state index in [0.717, 1.165) is 12.0 Å². The minimum absolute atomic E-state index is 0.0127. The summed E-state index contributed by atoms with van der Waals surface area (Å²) in [5, 5.41) is 2.82. The van der Waals surface area contributed by atoms with Gasteiger partial charge in [-0.15, -0.1) is 0 Å². The van der Waals surface area contributed by atoms with Gasteiger partial charge in [-0.3, -0.25) is 9.59 Å². The van der Waals surface area contributed by atoms with Crippen molar-refractivity contribution in [1.29, 1.82) is 0 Å². The van der Waals surface area contributed by atoms with Gasteiger partial charge in [0, 0.05) is 30.8 Å².